The first-order chi connectivity index (χ1) is 14.5. The van der Waals surface area contributed by atoms with E-state index in [0.29, 0.717) is 40.8 Å². The predicted molar refractivity (Wildman–Crippen MR) is 109 cm³/mol. The minimum atomic E-state index is -0.422. The Labute approximate surface area is 177 Å². The van der Waals surface area contributed by atoms with Crippen LogP contribution in [-0.2, 0) is 13.1 Å². The molecule has 2 aliphatic rings. The Morgan fingerprint density at radius 1 is 1.30 bits per heavy atom. The Morgan fingerprint density at radius 2 is 2.10 bits per heavy atom. The SMILES string of the molecule is Cc1nc2c3c(nn2cc1Cl)CN(C(=O)c1ccc(F)cc1OC1CCNCC1)C3. The second-order valence-electron chi connectivity index (χ2n) is 7.74. The molecule has 1 amide bonds. The molecule has 2 aromatic heterocycles. The monoisotopic (exact) mass is 429 g/mol. The molecule has 1 fully saturated rings. The van der Waals surface area contributed by atoms with Crippen LogP contribution in [0.15, 0.2) is 24.4 Å². The summed E-state index contributed by atoms with van der Waals surface area (Å²) >= 11 is 6.14. The predicted octanol–water partition coefficient (Wildman–Crippen LogP) is 3.12. The van der Waals surface area contributed by atoms with E-state index in [2.05, 4.69) is 15.4 Å². The summed E-state index contributed by atoms with van der Waals surface area (Å²) in [5.74, 6) is -0.332. The number of ether oxygens (including phenoxy) is 1. The van der Waals surface area contributed by atoms with Gasteiger partial charge in [0, 0.05) is 11.6 Å². The minimum absolute atomic E-state index is 0.0310. The topological polar surface area (TPSA) is 71.8 Å². The highest BCUT2D eigenvalue weighted by Crippen LogP contribution is 2.31. The molecule has 156 valence electrons. The number of halogens is 2. The molecule has 0 saturated carbocycles. The van der Waals surface area contributed by atoms with Gasteiger partial charge < -0.3 is 15.0 Å². The van der Waals surface area contributed by atoms with E-state index in [9.17, 15) is 9.18 Å². The third-order valence-electron chi connectivity index (χ3n) is 5.65. The van der Waals surface area contributed by atoms with Gasteiger partial charge in [-0.1, -0.05) is 11.6 Å². The van der Waals surface area contributed by atoms with E-state index in [1.807, 2.05) is 6.92 Å². The smallest absolute Gasteiger partial charge is 0.258 e. The summed E-state index contributed by atoms with van der Waals surface area (Å²) in [4.78, 5) is 19.5. The fourth-order valence-corrected chi connectivity index (χ4v) is 4.16. The third-order valence-corrected chi connectivity index (χ3v) is 6.02. The molecule has 7 nitrogen and oxygen atoms in total. The Balaban J connectivity index is 1.41. The van der Waals surface area contributed by atoms with Gasteiger partial charge in [-0.25, -0.2) is 13.9 Å². The van der Waals surface area contributed by atoms with Gasteiger partial charge in [-0.2, -0.15) is 5.10 Å². The third kappa shape index (κ3) is 3.40. The maximum atomic E-state index is 13.9. The average molecular weight is 430 g/mol. The van der Waals surface area contributed by atoms with Crippen LogP contribution in [0.3, 0.4) is 0 Å². The molecule has 3 aromatic rings. The van der Waals surface area contributed by atoms with Crippen molar-refractivity contribution in [3.05, 3.63) is 57.8 Å². The van der Waals surface area contributed by atoms with Crippen molar-refractivity contribution in [2.24, 2.45) is 0 Å². The first kappa shape index (κ1) is 19.3. The van der Waals surface area contributed by atoms with Gasteiger partial charge in [0.05, 0.1) is 41.3 Å². The summed E-state index contributed by atoms with van der Waals surface area (Å²) in [6.45, 7) is 4.28. The van der Waals surface area contributed by atoms with Crippen LogP contribution in [0.25, 0.3) is 5.65 Å². The summed E-state index contributed by atoms with van der Waals surface area (Å²) in [7, 11) is 0. The van der Waals surface area contributed by atoms with Crippen molar-refractivity contribution in [2.45, 2.75) is 39.0 Å². The lowest BCUT2D eigenvalue weighted by molar-refractivity contribution is 0.0739. The quantitative estimate of drug-likeness (QED) is 0.692. The fraction of sp³-hybridized carbons (Fsp3) is 0.381. The first-order valence-electron chi connectivity index (χ1n) is 9.99. The lowest BCUT2D eigenvalue weighted by atomic mass is 10.1. The zero-order valence-electron chi connectivity index (χ0n) is 16.5. The second-order valence-corrected chi connectivity index (χ2v) is 8.14. The number of benzene rings is 1. The second kappa shape index (κ2) is 7.52. The maximum absolute atomic E-state index is 13.9. The largest absolute Gasteiger partial charge is 0.489 e. The molecule has 5 rings (SSSR count). The van der Waals surface area contributed by atoms with Gasteiger partial charge in [-0.15, -0.1) is 0 Å². The van der Waals surface area contributed by atoms with E-state index in [0.717, 1.165) is 37.2 Å². The molecule has 1 saturated heterocycles. The molecule has 0 atom stereocenters. The Hall–Kier alpha value is -2.71. The van der Waals surface area contributed by atoms with E-state index in [1.54, 1.807) is 15.6 Å². The molecular weight excluding hydrogens is 409 g/mol. The number of fused-ring (bicyclic) bond motifs is 3. The molecular formula is C21H21ClFN5O2. The summed E-state index contributed by atoms with van der Waals surface area (Å²) in [6.07, 6.45) is 3.35. The molecule has 30 heavy (non-hydrogen) atoms. The maximum Gasteiger partial charge on any atom is 0.258 e. The first-order valence-corrected chi connectivity index (χ1v) is 10.4. The van der Waals surface area contributed by atoms with E-state index >= 15 is 0 Å². The number of amides is 1. The standard InChI is InChI=1S/C21H21ClFN5O2/c1-12-17(22)10-28-20(25-12)16-9-27(11-18(16)26-28)21(29)15-3-2-13(23)8-19(15)30-14-4-6-24-7-5-14/h2-3,8,10,14,24H,4-7,9,11H2,1H3. The highest BCUT2D eigenvalue weighted by molar-refractivity contribution is 6.31. The number of hydrogen-bond acceptors (Lipinski definition) is 5. The molecule has 4 heterocycles. The lowest BCUT2D eigenvalue weighted by Gasteiger charge is -2.25. The van der Waals surface area contributed by atoms with Crippen LogP contribution in [0.4, 0.5) is 4.39 Å². The van der Waals surface area contributed by atoms with Gasteiger partial charge in [0.25, 0.3) is 5.91 Å². The highest BCUT2D eigenvalue weighted by atomic mass is 35.5. The zero-order valence-corrected chi connectivity index (χ0v) is 17.2. The van der Waals surface area contributed by atoms with Crippen LogP contribution in [0.1, 0.15) is 40.2 Å². The summed E-state index contributed by atoms with van der Waals surface area (Å²) in [6, 6.07) is 4.09. The van der Waals surface area contributed by atoms with Crippen LogP contribution < -0.4 is 10.1 Å². The van der Waals surface area contributed by atoms with Gasteiger partial charge in [0.1, 0.15) is 17.7 Å². The van der Waals surface area contributed by atoms with Crippen LogP contribution in [-0.4, -0.2) is 44.6 Å². The van der Waals surface area contributed by atoms with Gasteiger partial charge in [0.15, 0.2) is 5.65 Å². The number of piperidine rings is 1. The Bertz CT molecular complexity index is 1140. The van der Waals surface area contributed by atoms with E-state index in [4.69, 9.17) is 16.3 Å². The number of carbonyl (C=O) groups excluding carboxylic acids is 1. The van der Waals surface area contributed by atoms with E-state index < -0.39 is 5.82 Å². The van der Waals surface area contributed by atoms with Gasteiger partial charge in [-0.3, -0.25) is 4.79 Å². The van der Waals surface area contributed by atoms with Crippen LogP contribution in [0.2, 0.25) is 5.02 Å². The molecule has 1 N–H and O–H groups in total. The van der Waals surface area contributed by atoms with Crippen molar-refractivity contribution >= 4 is 23.2 Å². The van der Waals surface area contributed by atoms with Crippen molar-refractivity contribution in [1.82, 2.24) is 24.8 Å². The van der Waals surface area contributed by atoms with Crippen molar-refractivity contribution < 1.29 is 13.9 Å². The minimum Gasteiger partial charge on any atom is -0.489 e. The number of hydrogen-bond donors (Lipinski definition) is 1. The summed E-state index contributed by atoms with van der Waals surface area (Å²) in [5, 5.41) is 8.34. The van der Waals surface area contributed by atoms with Crippen LogP contribution in [0, 0.1) is 12.7 Å². The lowest BCUT2D eigenvalue weighted by Crippen LogP contribution is -2.34. The van der Waals surface area contributed by atoms with E-state index in [-0.39, 0.29) is 12.0 Å². The van der Waals surface area contributed by atoms with Crippen LogP contribution in [0.5, 0.6) is 5.75 Å². The Morgan fingerprint density at radius 3 is 2.90 bits per heavy atom. The summed E-state index contributed by atoms with van der Waals surface area (Å²) < 4.78 is 21.6. The van der Waals surface area contributed by atoms with Crippen molar-refractivity contribution in [1.29, 1.82) is 0 Å². The molecule has 2 aliphatic heterocycles. The van der Waals surface area contributed by atoms with E-state index in [1.165, 1.54) is 18.2 Å². The number of nitrogens with zero attached hydrogens (tertiary/aromatic N) is 4. The van der Waals surface area contributed by atoms with Gasteiger partial charge >= 0.3 is 0 Å². The zero-order chi connectivity index (χ0) is 20.8. The molecule has 0 spiro atoms. The molecule has 0 radical (unpaired) electrons. The van der Waals surface area contributed by atoms with Crippen molar-refractivity contribution in [3.8, 4) is 5.75 Å². The molecule has 0 aliphatic carbocycles. The number of rotatable bonds is 3. The molecule has 0 unspecified atom stereocenters. The number of carbonyl (C=O) groups is 1. The van der Waals surface area contributed by atoms with Crippen LogP contribution >= 0.6 is 11.6 Å². The number of aryl methyl sites for hydroxylation is 1. The molecule has 1 aromatic carbocycles. The number of nitrogens with one attached hydrogen (secondary N) is 1. The average Bonchev–Trinajstić information content (AvgIpc) is 3.27. The Kier molecular flexibility index (Phi) is 4.83. The number of aromatic nitrogens is 3. The normalized spacial score (nSPS) is 16.8. The molecule has 0 bridgehead atoms. The molecule has 9 heteroatoms. The van der Waals surface area contributed by atoms with Crippen molar-refractivity contribution in [3.63, 3.8) is 0 Å². The van der Waals surface area contributed by atoms with Crippen molar-refractivity contribution in [2.75, 3.05) is 13.1 Å². The van der Waals surface area contributed by atoms with Gasteiger partial charge in [0.2, 0.25) is 0 Å². The highest BCUT2D eigenvalue weighted by Gasteiger charge is 2.31. The summed E-state index contributed by atoms with van der Waals surface area (Å²) in [5.41, 5.74) is 3.48. The fourth-order valence-electron chi connectivity index (χ4n) is 4.02. The van der Waals surface area contributed by atoms with Gasteiger partial charge in [-0.05, 0) is 45.0 Å².